The summed E-state index contributed by atoms with van der Waals surface area (Å²) >= 11 is 1.33. The lowest BCUT2D eigenvalue weighted by Gasteiger charge is -2.21. The molecule has 2 aromatic rings. The van der Waals surface area contributed by atoms with Crippen LogP contribution in [0.15, 0.2) is 44.6 Å². The van der Waals surface area contributed by atoms with Crippen LogP contribution in [0, 0.1) is 5.92 Å². The molecule has 1 aliphatic rings. The Morgan fingerprint density at radius 1 is 1.31 bits per heavy atom. The van der Waals surface area contributed by atoms with Crippen LogP contribution in [0.1, 0.15) is 56.5 Å². The number of hydrogen-bond donors (Lipinski definition) is 2. The van der Waals surface area contributed by atoms with Crippen LogP contribution in [0.5, 0.6) is 5.88 Å². The summed E-state index contributed by atoms with van der Waals surface area (Å²) in [6, 6.07) is 9.56. The summed E-state index contributed by atoms with van der Waals surface area (Å²) in [6.07, 6.45) is 6.21. The highest BCUT2D eigenvalue weighted by atomic mass is 32.2. The van der Waals surface area contributed by atoms with Gasteiger partial charge in [-0.2, -0.15) is 0 Å². The van der Waals surface area contributed by atoms with Crippen molar-refractivity contribution in [2.75, 3.05) is 19.4 Å². The monoisotopic (exact) mass is 481 g/mol. The molecule has 3 rings (SSSR count). The van der Waals surface area contributed by atoms with Crippen molar-refractivity contribution in [2.45, 2.75) is 61.3 Å². The van der Waals surface area contributed by atoms with Gasteiger partial charge in [-0.05, 0) is 42.5 Å². The number of carbonyl (C=O) groups is 1. The average molecular weight is 482 g/mol. The Morgan fingerprint density at radius 3 is 2.66 bits per heavy atom. The first-order chi connectivity index (χ1) is 15.2. The molecule has 1 aromatic carbocycles. The molecule has 1 atom stereocenters. The third-order valence-electron chi connectivity index (χ3n) is 5.25. The highest BCUT2D eigenvalue weighted by Gasteiger charge is 2.45. The van der Waals surface area contributed by atoms with Crippen molar-refractivity contribution >= 4 is 27.7 Å². The molecule has 0 bridgehead atoms. The maximum atomic E-state index is 13.1. The Labute approximate surface area is 193 Å². The minimum absolute atomic E-state index is 0.0570. The molecule has 0 spiro atoms. The summed E-state index contributed by atoms with van der Waals surface area (Å²) in [4.78, 5) is 14.5. The SMILES string of the molecule is CCCC(C)CC1(NC(=O)c2onc(OCCNS(C)(=O)=O)c2Sc2ccccc2)CC1. The molecule has 2 N–H and O–H groups in total. The van der Waals surface area contributed by atoms with Crippen LogP contribution in [0.3, 0.4) is 0 Å². The Kier molecular flexibility index (Phi) is 8.24. The topological polar surface area (TPSA) is 111 Å². The van der Waals surface area contributed by atoms with Crippen LogP contribution in [0.25, 0.3) is 0 Å². The lowest BCUT2D eigenvalue weighted by atomic mass is 9.95. The van der Waals surface area contributed by atoms with Crippen molar-refractivity contribution < 1.29 is 22.5 Å². The van der Waals surface area contributed by atoms with Crippen molar-refractivity contribution in [3.8, 4) is 5.88 Å². The number of aromatic nitrogens is 1. The first-order valence-corrected chi connectivity index (χ1v) is 13.5. The summed E-state index contributed by atoms with van der Waals surface area (Å²) in [6.45, 7) is 4.53. The van der Waals surface area contributed by atoms with Crippen LogP contribution < -0.4 is 14.8 Å². The van der Waals surface area contributed by atoms with E-state index in [0.29, 0.717) is 10.8 Å². The van der Waals surface area contributed by atoms with Crippen LogP contribution in [-0.4, -0.2) is 44.4 Å². The van der Waals surface area contributed by atoms with Gasteiger partial charge in [0, 0.05) is 17.0 Å². The van der Waals surface area contributed by atoms with E-state index in [4.69, 9.17) is 9.26 Å². The third-order valence-corrected chi connectivity index (χ3v) is 7.05. The number of sulfonamides is 1. The van der Waals surface area contributed by atoms with Crippen molar-refractivity contribution in [2.24, 2.45) is 5.92 Å². The highest BCUT2D eigenvalue weighted by Crippen LogP contribution is 2.43. The standard InChI is InChI=1S/C22H31N3O5S2/c1-4-8-16(2)15-22(11-12-22)24-20(26)18-19(31-17-9-6-5-7-10-17)21(25-30-18)29-14-13-23-32(3,27)28/h5-7,9-10,16,23H,4,8,11-15H2,1-3H3,(H,24,26). The fourth-order valence-electron chi connectivity index (χ4n) is 3.67. The number of amides is 1. The normalized spacial score (nSPS) is 15.8. The number of hydrogen-bond acceptors (Lipinski definition) is 7. The first kappa shape index (κ1) is 24.6. The molecule has 10 heteroatoms. The molecular formula is C22H31N3O5S2. The van der Waals surface area contributed by atoms with E-state index in [1.807, 2.05) is 30.3 Å². The van der Waals surface area contributed by atoms with E-state index >= 15 is 0 Å². The number of benzene rings is 1. The summed E-state index contributed by atoms with van der Waals surface area (Å²) in [7, 11) is -3.32. The molecular weight excluding hydrogens is 450 g/mol. The van der Waals surface area contributed by atoms with Gasteiger partial charge in [-0.3, -0.25) is 4.79 Å². The van der Waals surface area contributed by atoms with E-state index in [9.17, 15) is 13.2 Å². The van der Waals surface area contributed by atoms with Crippen molar-refractivity contribution in [3.05, 3.63) is 36.1 Å². The molecule has 32 heavy (non-hydrogen) atoms. The Bertz CT molecular complexity index is 1000. The van der Waals surface area contributed by atoms with E-state index in [1.165, 1.54) is 11.8 Å². The van der Waals surface area contributed by atoms with Crippen molar-refractivity contribution in [3.63, 3.8) is 0 Å². The Balaban J connectivity index is 1.74. The summed E-state index contributed by atoms with van der Waals surface area (Å²) in [5, 5.41) is 7.12. The lowest BCUT2D eigenvalue weighted by Crippen LogP contribution is -2.38. The van der Waals surface area contributed by atoms with E-state index in [2.05, 4.69) is 29.0 Å². The van der Waals surface area contributed by atoms with Gasteiger partial charge >= 0.3 is 0 Å². The minimum Gasteiger partial charge on any atom is -0.473 e. The quantitative estimate of drug-likeness (QED) is 0.418. The van der Waals surface area contributed by atoms with Gasteiger partial charge < -0.3 is 14.6 Å². The zero-order valence-electron chi connectivity index (χ0n) is 18.7. The summed E-state index contributed by atoms with van der Waals surface area (Å²) < 4.78 is 35.9. The van der Waals surface area contributed by atoms with E-state index in [0.717, 1.165) is 43.3 Å². The zero-order valence-corrected chi connectivity index (χ0v) is 20.4. The Morgan fingerprint density at radius 2 is 2.03 bits per heavy atom. The lowest BCUT2D eigenvalue weighted by molar-refractivity contribution is 0.0883. The molecule has 1 amide bonds. The third kappa shape index (κ3) is 7.25. The highest BCUT2D eigenvalue weighted by molar-refractivity contribution is 7.99. The molecule has 176 valence electrons. The number of ether oxygens (including phenoxy) is 1. The van der Waals surface area contributed by atoms with Crippen LogP contribution in [-0.2, 0) is 10.0 Å². The molecule has 8 nitrogen and oxygen atoms in total. The molecule has 1 heterocycles. The maximum Gasteiger partial charge on any atom is 0.291 e. The van der Waals surface area contributed by atoms with Gasteiger partial charge in [0.05, 0.1) is 6.26 Å². The second-order valence-corrected chi connectivity index (χ2v) is 11.3. The average Bonchev–Trinajstić information content (AvgIpc) is 3.35. The van der Waals surface area contributed by atoms with E-state index in [-0.39, 0.29) is 36.2 Å². The first-order valence-electron chi connectivity index (χ1n) is 10.8. The van der Waals surface area contributed by atoms with Gasteiger partial charge in [0.25, 0.3) is 11.8 Å². The zero-order chi connectivity index (χ0) is 23.2. The number of nitrogens with one attached hydrogen (secondary N) is 2. The molecule has 1 aliphatic carbocycles. The molecule has 0 aliphatic heterocycles. The number of rotatable bonds is 13. The largest absolute Gasteiger partial charge is 0.473 e. The van der Waals surface area contributed by atoms with Crippen molar-refractivity contribution in [1.82, 2.24) is 15.2 Å². The van der Waals surface area contributed by atoms with Gasteiger partial charge in [-0.15, -0.1) is 0 Å². The van der Waals surface area contributed by atoms with Gasteiger partial charge in [0.2, 0.25) is 15.8 Å². The Hall–Kier alpha value is -2.04. The molecule has 1 saturated carbocycles. The molecule has 1 aromatic heterocycles. The minimum atomic E-state index is -3.32. The van der Waals surface area contributed by atoms with Gasteiger partial charge in [0.1, 0.15) is 11.5 Å². The second-order valence-electron chi connectivity index (χ2n) is 8.41. The maximum absolute atomic E-state index is 13.1. The fraction of sp³-hybridized carbons (Fsp3) is 0.545. The van der Waals surface area contributed by atoms with Crippen molar-refractivity contribution in [1.29, 1.82) is 0 Å². The van der Waals surface area contributed by atoms with Crippen LogP contribution in [0.2, 0.25) is 0 Å². The number of carbonyl (C=O) groups excluding carboxylic acids is 1. The fourth-order valence-corrected chi connectivity index (χ4v) is 5.05. The van der Waals surface area contributed by atoms with Gasteiger partial charge in [-0.25, -0.2) is 13.1 Å². The number of nitrogens with zero attached hydrogens (tertiary/aromatic N) is 1. The summed E-state index contributed by atoms with van der Waals surface area (Å²) in [5.41, 5.74) is -0.173. The smallest absolute Gasteiger partial charge is 0.291 e. The molecule has 0 radical (unpaired) electrons. The molecule has 1 fully saturated rings. The van der Waals surface area contributed by atoms with Gasteiger partial charge in [-0.1, -0.05) is 56.7 Å². The second kappa shape index (κ2) is 10.7. The van der Waals surface area contributed by atoms with E-state index < -0.39 is 10.0 Å². The summed E-state index contributed by atoms with van der Waals surface area (Å²) in [5.74, 6) is 0.515. The molecule has 0 saturated heterocycles. The van der Waals surface area contributed by atoms with E-state index in [1.54, 1.807) is 0 Å². The van der Waals surface area contributed by atoms with Gasteiger partial charge in [0.15, 0.2) is 0 Å². The predicted molar refractivity (Wildman–Crippen MR) is 124 cm³/mol. The predicted octanol–water partition coefficient (Wildman–Crippen LogP) is 3.84. The molecule has 1 unspecified atom stereocenters. The van der Waals surface area contributed by atoms with Crippen LogP contribution in [0.4, 0.5) is 0 Å². The van der Waals surface area contributed by atoms with Crippen LogP contribution >= 0.6 is 11.8 Å².